The van der Waals surface area contributed by atoms with Crippen molar-refractivity contribution in [1.82, 2.24) is 14.9 Å². The van der Waals surface area contributed by atoms with Crippen molar-refractivity contribution in [3.8, 4) is 5.75 Å². The Bertz CT molecular complexity index is 854. The molecular weight excluding hydrogens is 276 g/mol. The predicted molar refractivity (Wildman–Crippen MR) is 72.7 cm³/mol. The number of ether oxygens (including phenoxy) is 1. The fourth-order valence-electron chi connectivity index (χ4n) is 1.87. The number of hydrogen-bond acceptors (Lipinski definition) is 6. The van der Waals surface area contributed by atoms with Gasteiger partial charge >= 0.3 is 5.63 Å². The third kappa shape index (κ3) is 2.34. The summed E-state index contributed by atoms with van der Waals surface area (Å²) in [6.07, 6.45) is 2.59. The third-order valence-corrected chi connectivity index (χ3v) is 2.84. The minimum atomic E-state index is -0.752. The molecule has 0 bridgehead atoms. The van der Waals surface area contributed by atoms with Gasteiger partial charge < -0.3 is 9.15 Å². The van der Waals surface area contributed by atoms with Gasteiger partial charge in [-0.2, -0.15) is 0 Å². The number of carbonyl (C=O) groups excluding carboxylic acids is 1. The number of nitrogens with one attached hydrogen (secondary N) is 1. The van der Waals surface area contributed by atoms with E-state index in [-0.39, 0.29) is 5.56 Å². The van der Waals surface area contributed by atoms with Crippen molar-refractivity contribution in [1.29, 1.82) is 0 Å². The molecule has 3 aromatic rings. The van der Waals surface area contributed by atoms with Crippen molar-refractivity contribution in [2.75, 3.05) is 12.5 Å². The Balaban J connectivity index is 2.05. The van der Waals surface area contributed by atoms with Gasteiger partial charge in [0.15, 0.2) is 11.3 Å². The highest BCUT2D eigenvalue weighted by Crippen LogP contribution is 2.24. The first-order chi connectivity index (χ1) is 10.2. The van der Waals surface area contributed by atoms with Gasteiger partial charge in [0.2, 0.25) is 0 Å². The lowest BCUT2D eigenvalue weighted by molar-refractivity contribution is 0.100. The molecule has 106 valence electrons. The summed E-state index contributed by atoms with van der Waals surface area (Å²) >= 11 is 0. The van der Waals surface area contributed by atoms with Gasteiger partial charge in [-0.05, 0) is 12.1 Å². The van der Waals surface area contributed by atoms with Gasteiger partial charge in [-0.25, -0.2) is 9.47 Å². The van der Waals surface area contributed by atoms with Crippen LogP contribution in [0.3, 0.4) is 0 Å². The summed E-state index contributed by atoms with van der Waals surface area (Å²) in [5.74, 6) is -0.191. The van der Waals surface area contributed by atoms with E-state index >= 15 is 0 Å². The van der Waals surface area contributed by atoms with Crippen LogP contribution < -0.4 is 15.8 Å². The van der Waals surface area contributed by atoms with Gasteiger partial charge in [-0.1, -0.05) is 12.1 Å². The van der Waals surface area contributed by atoms with E-state index in [2.05, 4.69) is 15.6 Å². The molecule has 0 saturated heterocycles. The molecule has 21 heavy (non-hydrogen) atoms. The summed E-state index contributed by atoms with van der Waals surface area (Å²) in [5, 5.41) is 7.67. The Morgan fingerprint density at radius 3 is 2.81 bits per heavy atom. The van der Waals surface area contributed by atoms with Crippen LogP contribution in [0.4, 0.5) is 0 Å². The van der Waals surface area contributed by atoms with Crippen molar-refractivity contribution in [3.63, 3.8) is 0 Å². The minimum Gasteiger partial charge on any atom is -0.493 e. The minimum absolute atomic E-state index is 0.121. The van der Waals surface area contributed by atoms with Crippen molar-refractivity contribution >= 4 is 16.9 Å². The number of aromatic nitrogens is 3. The van der Waals surface area contributed by atoms with Crippen molar-refractivity contribution in [3.05, 3.63) is 52.9 Å². The van der Waals surface area contributed by atoms with Gasteiger partial charge in [0.05, 0.1) is 7.11 Å². The van der Waals surface area contributed by atoms with Crippen LogP contribution in [-0.2, 0) is 0 Å². The summed E-state index contributed by atoms with van der Waals surface area (Å²) in [5.41, 5.74) is 1.86. The van der Waals surface area contributed by atoms with Crippen LogP contribution in [0.2, 0.25) is 0 Å². The molecule has 8 nitrogen and oxygen atoms in total. The number of para-hydroxylation sites is 1. The monoisotopic (exact) mass is 286 g/mol. The quantitative estimate of drug-likeness (QED) is 0.714. The molecule has 8 heteroatoms. The second-order valence-electron chi connectivity index (χ2n) is 4.14. The highest BCUT2D eigenvalue weighted by atomic mass is 16.5. The van der Waals surface area contributed by atoms with E-state index < -0.39 is 11.5 Å². The Morgan fingerprint density at radius 1 is 1.33 bits per heavy atom. The number of methoxy groups -OCH3 is 1. The fourth-order valence-corrected chi connectivity index (χ4v) is 1.87. The fraction of sp³-hybridized carbons (Fsp3) is 0.0769. The maximum Gasteiger partial charge on any atom is 0.349 e. The molecule has 0 aliphatic rings. The molecule has 1 amide bonds. The number of amides is 1. The zero-order valence-electron chi connectivity index (χ0n) is 10.9. The van der Waals surface area contributed by atoms with E-state index in [1.54, 1.807) is 18.2 Å². The van der Waals surface area contributed by atoms with Crippen LogP contribution in [0.5, 0.6) is 5.75 Å². The van der Waals surface area contributed by atoms with Crippen molar-refractivity contribution in [2.24, 2.45) is 0 Å². The molecule has 0 saturated carbocycles. The van der Waals surface area contributed by atoms with E-state index in [0.29, 0.717) is 16.7 Å². The average Bonchev–Trinajstić information content (AvgIpc) is 2.98. The Morgan fingerprint density at radius 2 is 2.10 bits per heavy atom. The van der Waals surface area contributed by atoms with Gasteiger partial charge in [-0.15, -0.1) is 10.2 Å². The summed E-state index contributed by atoms with van der Waals surface area (Å²) in [7, 11) is 1.47. The van der Waals surface area contributed by atoms with Crippen LogP contribution in [0, 0.1) is 0 Å². The smallest absolute Gasteiger partial charge is 0.349 e. The topological polar surface area (TPSA) is 99.2 Å². The molecule has 3 rings (SSSR count). The van der Waals surface area contributed by atoms with Gasteiger partial charge in [0.1, 0.15) is 18.2 Å². The van der Waals surface area contributed by atoms with E-state index in [9.17, 15) is 9.59 Å². The Kier molecular flexibility index (Phi) is 3.11. The van der Waals surface area contributed by atoms with E-state index in [4.69, 9.17) is 9.15 Å². The molecule has 0 unspecified atom stereocenters. The Hall–Kier alpha value is -3.16. The number of carbonyl (C=O) groups is 1. The Labute approximate surface area is 117 Å². The SMILES string of the molecule is COc1cccc2cc(C(=O)Nn3cnnc3)c(=O)oc12. The highest BCUT2D eigenvalue weighted by Gasteiger charge is 2.15. The van der Waals surface area contributed by atoms with Crippen LogP contribution in [-0.4, -0.2) is 27.9 Å². The average molecular weight is 286 g/mol. The second kappa shape index (κ2) is 5.08. The third-order valence-electron chi connectivity index (χ3n) is 2.84. The zero-order chi connectivity index (χ0) is 14.8. The number of fused-ring (bicyclic) bond motifs is 1. The van der Waals surface area contributed by atoms with E-state index in [0.717, 1.165) is 0 Å². The molecule has 1 aromatic carbocycles. The number of benzene rings is 1. The summed E-state index contributed by atoms with van der Waals surface area (Å²) in [6, 6.07) is 6.57. The molecule has 0 radical (unpaired) electrons. The van der Waals surface area contributed by atoms with Crippen molar-refractivity contribution < 1.29 is 13.9 Å². The maximum atomic E-state index is 12.1. The molecule has 0 aliphatic heterocycles. The van der Waals surface area contributed by atoms with Crippen LogP contribution in [0.1, 0.15) is 10.4 Å². The lowest BCUT2D eigenvalue weighted by atomic mass is 10.1. The van der Waals surface area contributed by atoms with Gasteiger partial charge in [0, 0.05) is 5.39 Å². The lowest BCUT2D eigenvalue weighted by Crippen LogP contribution is -2.26. The molecule has 2 heterocycles. The lowest BCUT2D eigenvalue weighted by Gasteiger charge is -2.06. The normalized spacial score (nSPS) is 10.5. The highest BCUT2D eigenvalue weighted by molar-refractivity contribution is 6.01. The van der Waals surface area contributed by atoms with E-state index in [1.165, 1.54) is 30.5 Å². The molecule has 2 aromatic heterocycles. The van der Waals surface area contributed by atoms with E-state index in [1.807, 2.05) is 0 Å². The largest absolute Gasteiger partial charge is 0.493 e. The predicted octanol–water partition coefficient (Wildman–Crippen LogP) is 0.777. The second-order valence-corrected chi connectivity index (χ2v) is 4.14. The first-order valence-corrected chi connectivity index (χ1v) is 5.96. The first-order valence-electron chi connectivity index (χ1n) is 5.96. The standard InChI is InChI=1S/C13H10N4O4/c1-20-10-4-2-3-8-5-9(13(19)21-11(8)10)12(18)16-17-6-14-15-7-17/h2-7H,1H3,(H,16,18). The summed E-state index contributed by atoms with van der Waals surface area (Å²) < 4.78 is 11.5. The molecule has 0 atom stereocenters. The van der Waals surface area contributed by atoms with Crippen molar-refractivity contribution in [2.45, 2.75) is 0 Å². The number of rotatable bonds is 3. The maximum absolute atomic E-state index is 12.1. The molecule has 0 spiro atoms. The van der Waals surface area contributed by atoms with Gasteiger partial charge in [0.25, 0.3) is 5.91 Å². The number of nitrogens with zero attached hydrogens (tertiary/aromatic N) is 3. The molecule has 0 aliphatic carbocycles. The van der Waals surface area contributed by atoms with Crippen LogP contribution in [0.15, 0.2) is 46.1 Å². The summed E-state index contributed by atoms with van der Waals surface area (Å²) in [4.78, 5) is 24.0. The molecule has 1 N–H and O–H groups in total. The van der Waals surface area contributed by atoms with Crippen LogP contribution >= 0.6 is 0 Å². The van der Waals surface area contributed by atoms with Crippen LogP contribution in [0.25, 0.3) is 11.0 Å². The first kappa shape index (κ1) is 12.9. The zero-order valence-corrected chi connectivity index (χ0v) is 10.9. The van der Waals surface area contributed by atoms with Gasteiger partial charge in [-0.3, -0.25) is 10.2 Å². The molecular formula is C13H10N4O4. The summed E-state index contributed by atoms with van der Waals surface area (Å²) in [6.45, 7) is 0. The molecule has 0 fully saturated rings. The number of hydrogen-bond donors (Lipinski definition) is 1.